The lowest BCUT2D eigenvalue weighted by Crippen LogP contribution is -2.42. The van der Waals surface area contributed by atoms with Gasteiger partial charge in [-0.15, -0.1) is 35.3 Å². The molecule has 1 fully saturated rings. The number of rotatable bonds is 6. The SMILES string of the molecule is CN=C(NCc1nc(C(F)(F)F)cs1)NCC(c1cccc(Cl)c1)N1CCCC1.I. The number of benzene rings is 1. The molecule has 30 heavy (non-hydrogen) atoms. The van der Waals surface area contributed by atoms with Gasteiger partial charge in [0.2, 0.25) is 0 Å². The summed E-state index contributed by atoms with van der Waals surface area (Å²) >= 11 is 7.15. The smallest absolute Gasteiger partial charge is 0.354 e. The topological polar surface area (TPSA) is 52.6 Å². The van der Waals surface area contributed by atoms with Crippen LogP contribution >= 0.6 is 46.9 Å². The van der Waals surface area contributed by atoms with Gasteiger partial charge in [0.25, 0.3) is 0 Å². The molecule has 1 saturated heterocycles. The lowest BCUT2D eigenvalue weighted by atomic mass is 10.1. The number of halogens is 5. The number of alkyl halides is 3. The summed E-state index contributed by atoms with van der Waals surface area (Å²) in [4.78, 5) is 10.2. The molecule has 1 atom stereocenters. The van der Waals surface area contributed by atoms with Gasteiger partial charge in [0.15, 0.2) is 11.7 Å². The maximum atomic E-state index is 12.7. The Kier molecular flexibility index (Phi) is 9.64. The lowest BCUT2D eigenvalue weighted by Gasteiger charge is -2.29. The number of aromatic nitrogens is 1. The van der Waals surface area contributed by atoms with Gasteiger partial charge in [-0.1, -0.05) is 23.7 Å². The van der Waals surface area contributed by atoms with E-state index in [-0.39, 0.29) is 36.6 Å². The van der Waals surface area contributed by atoms with E-state index in [4.69, 9.17) is 11.6 Å². The molecule has 0 radical (unpaired) electrons. The Morgan fingerprint density at radius 3 is 2.63 bits per heavy atom. The molecule has 5 nitrogen and oxygen atoms in total. The second kappa shape index (κ2) is 11.5. The minimum Gasteiger partial charge on any atom is -0.354 e. The van der Waals surface area contributed by atoms with Crippen molar-refractivity contribution in [3.05, 3.63) is 50.9 Å². The first-order valence-electron chi connectivity index (χ1n) is 9.32. The summed E-state index contributed by atoms with van der Waals surface area (Å²) in [6, 6.07) is 7.95. The molecule has 1 aromatic carbocycles. The first-order chi connectivity index (χ1) is 13.9. The summed E-state index contributed by atoms with van der Waals surface area (Å²) in [5.41, 5.74) is 0.259. The fraction of sp³-hybridized carbons (Fsp3) is 0.474. The minimum atomic E-state index is -4.42. The van der Waals surface area contributed by atoms with Gasteiger partial charge in [0.05, 0.1) is 12.6 Å². The van der Waals surface area contributed by atoms with Crippen LogP contribution in [0.25, 0.3) is 0 Å². The average Bonchev–Trinajstić information content (AvgIpc) is 3.36. The summed E-state index contributed by atoms with van der Waals surface area (Å²) in [5, 5.41) is 8.38. The highest BCUT2D eigenvalue weighted by molar-refractivity contribution is 14.0. The average molecular weight is 574 g/mol. The van der Waals surface area contributed by atoms with Gasteiger partial charge in [-0.2, -0.15) is 13.2 Å². The quantitative estimate of drug-likeness (QED) is 0.292. The monoisotopic (exact) mass is 573 g/mol. The van der Waals surface area contributed by atoms with Gasteiger partial charge >= 0.3 is 6.18 Å². The number of thiazole rings is 1. The Hall–Kier alpha value is -1.11. The van der Waals surface area contributed by atoms with Crippen molar-refractivity contribution in [2.24, 2.45) is 4.99 Å². The fourth-order valence-electron chi connectivity index (χ4n) is 3.32. The van der Waals surface area contributed by atoms with Crippen LogP contribution in [-0.4, -0.2) is 42.5 Å². The molecule has 0 saturated carbocycles. The second-order valence-corrected chi connectivity index (χ2v) is 8.12. The van der Waals surface area contributed by atoms with Gasteiger partial charge in [-0.25, -0.2) is 4.98 Å². The molecular formula is C19H24ClF3IN5S. The molecule has 1 aliphatic rings. The molecule has 2 N–H and O–H groups in total. The molecule has 0 amide bonds. The van der Waals surface area contributed by atoms with Crippen molar-refractivity contribution in [1.82, 2.24) is 20.5 Å². The predicted molar refractivity (Wildman–Crippen MR) is 126 cm³/mol. The van der Waals surface area contributed by atoms with Gasteiger partial charge in [-0.05, 0) is 43.6 Å². The molecule has 2 aromatic rings. The van der Waals surface area contributed by atoms with Crippen LogP contribution in [0.5, 0.6) is 0 Å². The zero-order chi connectivity index (χ0) is 20.9. The molecule has 2 heterocycles. The predicted octanol–water partition coefficient (Wildman–Crippen LogP) is 4.94. The summed E-state index contributed by atoms with van der Waals surface area (Å²) in [6.07, 6.45) is -2.10. The zero-order valence-electron chi connectivity index (χ0n) is 16.4. The lowest BCUT2D eigenvalue weighted by molar-refractivity contribution is -0.140. The van der Waals surface area contributed by atoms with E-state index in [1.54, 1.807) is 7.05 Å². The van der Waals surface area contributed by atoms with Crippen molar-refractivity contribution < 1.29 is 13.2 Å². The van der Waals surface area contributed by atoms with E-state index in [0.717, 1.165) is 48.2 Å². The van der Waals surface area contributed by atoms with E-state index < -0.39 is 11.9 Å². The van der Waals surface area contributed by atoms with Crippen molar-refractivity contribution >= 4 is 52.9 Å². The van der Waals surface area contributed by atoms with Gasteiger partial charge < -0.3 is 10.6 Å². The third kappa shape index (κ3) is 6.96. The van der Waals surface area contributed by atoms with Crippen LogP contribution in [0.15, 0.2) is 34.6 Å². The zero-order valence-corrected chi connectivity index (χ0v) is 20.3. The van der Waals surface area contributed by atoms with E-state index >= 15 is 0 Å². The number of guanidine groups is 1. The van der Waals surface area contributed by atoms with Gasteiger partial charge in [0.1, 0.15) is 5.01 Å². The van der Waals surface area contributed by atoms with Crippen LogP contribution in [0.3, 0.4) is 0 Å². The number of likely N-dealkylation sites (tertiary alicyclic amines) is 1. The summed E-state index contributed by atoms with van der Waals surface area (Å²) in [6.45, 7) is 2.81. The largest absolute Gasteiger partial charge is 0.434 e. The third-order valence-electron chi connectivity index (χ3n) is 4.75. The Labute approximate surface area is 200 Å². The minimum absolute atomic E-state index is 0. The Morgan fingerprint density at radius 2 is 2.03 bits per heavy atom. The highest BCUT2D eigenvalue weighted by atomic mass is 127. The maximum absolute atomic E-state index is 12.7. The molecule has 1 aliphatic heterocycles. The summed E-state index contributed by atoms with van der Waals surface area (Å²) < 4.78 is 38.1. The van der Waals surface area contributed by atoms with Crippen molar-refractivity contribution in [3.63, 3.8) is 0 Å². The molecule has 1 unspecified atom stereocenters. The molecule has 0 aliphatic carbocycles. The van der Waals surface area contributed by atoms with Crippen molar-refractivity contribution in [2.75, 3.05) is 26.7 Å². The Bertz CT molecular complexity index is 840. The third-order valence-corrected chi connectivity index (χ3v) is 5.83. The van der Waals surface area contributed by atoms with Crippen molar-refractivity contribution in [2.45, 2.75) is 31.6 Å². The van der Waals surface area contributed by atoms with Gasteiger partial charge in [0, 0.05) is 24.0 Å². The molecule has 11 heteroatoms. The van der Waals surface area contributed by atoms with Crippen LogP contribution < -0.4 is 10.6 Å². The standard InChI is InChI=1S/C19H23ClF3N5S.HI/c1-24-18(26-11-17-27-16(12-29-17)19(21,22)23)25-10-15(28-7-2-3-8-28)13-5-4-6-14(20)9-13;/h4-6,9,12,15H,2-3,7-8,10-11H2,1H3,(H2,24,25,26);1H. The Morgan fingerprint density at radius 1 is 1.30 bits per heavy atom. The molecule has 0 spiro atoms. The normalized spacial score (nSPS) is 16.2. The summed E-state index contributed by atoms with van der Waals surface area (Å²) in [7, 11) is 1.63. The van der Waals surface area contributed by atoms with Crippen molar-refractivity contribution in [1.29, 1.82) is 0 Å². The van der Waals surface area contributed by atoms with Crippen molar-refractivity contribution in [3.8, 4) is 0 Å². The van der Waals surface area contributed by atoms with Gasteiger partial charge in [-0.3, -0.25) is 9.89 Å². The first-order valence-corrected chi connectivity index (χ1v) is 10.6. The molecule has 1 aromatic heterocycles. The molecular weight excluding hydrogens is 550 g/mol. The Balaban J connectivity index is 0.00000320. The van der Waals surface area contributed by atoms with Crippen LogP contribution in [0.1, 0.15) is 35.1 Å². The molecule has 0 bridgehead atoms. The highest BCUT2D eigenvalue weighted by Crippen LogP contribution is 2.30. The summed E-state index contributed by atoms with van der Waals surface area (Å²) in [5.74, 6) is 0.514. The first kappa shape index (κ1) is 25.2. The molecule has 3 rings (SSSR count). The van der Waals surface area contributed by atoms with E-state index in [9.17, 15) is 13.2 Å². The van der Waals surface area contributed by atoms with E-state index in [2.05, 4.69) is 31.6 Å². The van der Waals surface area contributed by atoms with E-state index in [1.807, 2.05) is 18.2 Å². The van der Waals surface area contributed by atoms with E-state index in [1.165, 1.54) is 0 Å². The molecule has 166 valence electrons. The van der Waals surface area contributed by atoms with Crippen LogP contribution in [0.4, 0.5) is 13.2 Å². The second-order valence-electron chi connectivity index (χ2n) is 6.74. The number of aliphatic imine (C=N–C) groups is 1. The van der Waals surface area contributed by atoms with Crippen LogP contribution in [0, 0.1) is 0 Å². The van der Waals surface area contributed by atoms with Crippen LogP contribution in [0.2, 0.25) is 5.02 Å². The number of hydrogen-bond acceptors (Lipinski definition) is 4. The van der Waals surface area contributed by atoms with E-state index in [0.29, 0.717) is 22.5 Å². The highest BCUT2D eigenvalue weighted by Gasteiger charge is 2.33. The number of hydrogen-bond donors (Lipinski definition) is 2. The van der Waals surface area contributed by atoms with Crippen LogP contribution in [-0.2, 0) is 12.7 Å². The fourth-order valence-corrected chi connectivity index (χ4v) is 4.26. The maximum Gasteiger partial charge on any atom is 0.434 e. The number of nitrogens with one attached hydrogen (secondary N) is 2. The number of nitrogens with zero attached hydrogens (tertiary/aromatic N) is 3.